The van der Waals surface area contributed by atoms with E-state index in [-0.39, 0.29) is 22.6 Å². The summed E-state index contributed by atoms with van der Waals surface area (Å²) in [6, 6.07) is 11.0. The highest BCUT2D eigenvalue weighted by atomic mass is 32.2. The van der Waals surface area contributed by atoms with Crippen molar-refractivity contribution < 1.29 is 13.2 Å². The van der Waals surface area contributed by atoms with Crippen LogP contribution in [0.5, 0.6) is 0 Å². The highest BCUT2D eigenvalue weighted by Crippen LogP contribution is 2.31. The lowest BCUT2D eigenvalue weighted by Crippen LogP contribution is -2.34. The number of aromatic nitrogens is 2. The van der Waals surface area contributed by atoms with E-state index in [1.807, 2.05) is 32.0 Å². The Morgan fingerprint density at radius 1 is 1.03 bits per heavy atom. The van der Waals surface area contributed by atoms with Gasteiger partial charge in [0.25, 0.3) is 0 Å². The first-order valence-electron chi connectivity index (χ1n) is 10.4. The average Bonchev–Trinajstić information content (AvgIpc) is 3.24. The van der Waals surface area contributed by atoms with E-state index in [4.69, 9.17) is 0 Å². The molecule has 31 heavy (non-hydrogen) atoms. The Morgan fingerprint density at radius 3 is 2.42 bits per heavy atom. The van der Waals surface area contributed by atoms with Gasteiger partial charge < -0.3 is 5.32 Å². The Kier molecular flexibility index (Phi) is 6.36. The van der Waals surface area contributed by atoms with E-state index < -0.39 is 10.0 Å². The Labute approximate surface area is 186 Å². The number of rotatable bonds is 6. The molecule has 2 aromatic carbocycles. The summed E-state index contributed by atoms with van der Waals surface area (Å²) in [6.45, 7) is 4.35. The lowest BCUT2D eigenvalue weighted by Gasteiger charge is -2.28. The summed E-state index contributed by atoms with van der Waals surface area (Å²) >= 11 is 1.00. The van der Waals surface area contributed by atoms with Crippen LogP contribution in [0.3, 0.4) is 0 Å². The number of hydrogen-bond donors (Lipinski definition) is 2. The summed E-state index contributed by atoms with van der Waals surface area (Å²) in [6.07, 6.45) is 3.15. The van der Waals surface area contributed by atoms with E-state index in [1.54, 1.807) is 18.2 Å². The lowest BCUT2D eigenvalue weighted by molar-refractivity contribution is -0.121. The zero-order chi connectivity index (χ0) is 22.0. The first-order valence-corrected chi connectivity index (χ1v) is 12.6. The van der Waals surface area contributed by atoms with Crippen molar-refractivity contribution in [3.05, 3.63) is 47.5 Å². The molecule has 0 spiro atoms. The smallest absolute Gasteiger partial charge is 0.242 e. The van der Waals surface area contributed by atoms with Crippen LogP contribution in [0.25, 0.3) is 11.0 Å². The molecule has 1 amide bonds. The van der Waals surface area contributed by atoms with Crippen molar-refractivity contribution >= 4 is 44.4 Å². The molecule has 1 saturated carbocycles. The Bertz CT molecular complexity index is 1180. The maximum Gasteiger partial charge on any atom is 0.242 e. The average molecular weight is 459 g/mol. The van der Waals surface area contributed by atoms with Crippen LogP contribution in [-0.2, 0) is 14.8 Å². The van der Waals surface area contributed by atoms with Gasteiger partial charge in [0.15, 0.2) is 0 Å². The molecule has 7 nitrogen and oxygen atoms in total. The summed E-state index contributed by atoms with van der Waals surface area (Å²) in [5.41, 5.74) is 4.01. The first kappa shape index (κ1) is 21.9. The van der Waals surface area contributed by atoms with Crippen LogP contribution < -0.4 is 10.0 Å². The molecule has 0 atom stereocenters. The third kappa shape index (κ3) is 4.78. The van der Waals surface area contributed by atoms with E-state index in [0.29, 0.717) is 17.6 Å². The van der Waals surface area contributed by atoms with Crippen molar-refractivity contribution in [3.63, 3.8) is 0 Å². The number of sulfonamides is 1. The fourth-order valence-electron chi connectivity index (χ4n) is 4.17. The number of hydrogen-bond acceptors (Lipinski definition) is 6. The molecule has 0 aliphatic heterocycles. The van der Waals surface area contributed by atoms with Gasteiger partial charge in [0, 0.05) is 18.2 Å². The van der Waals surface area contributed by atoms with Gasteiger partial charge >= 0.3 is 0 Å². The molecule has 3 aromatic rings. The highest BCUT2D eigenvalue weighted by molar-refractivity contribution is 7.89. The standard InChI is InChI=1S/C22H26N4O3S2/c1-14-5-3-6-15(2)20(14)24-22(27)17-11-9-16(10-12-17)13-23-31(28,29)19-8-4-7-18-21(19)26-30-25-18/h3-8,16-17,23H,9-13H2,1-2H3,(H,24,27). The molecule has 0 unspecified atom stereocenters. The minimum absolute atomic E-state index is 0.0401. The van der Waals surface area contributed by atoms with Crippen molar-refractivity contribution in [1.29, 1.82) is 0 Å². The maximum atomic E-state index is 12.8. The van der Waals surface area contributed by atoms with Gasteiger partial charge in [-0.05, 0) is 68.7 Å². The van der Waals surface area contributed by atoms with E-state index in [0.717, 1.165) is 54.2 Å². The summed E-state index contributed by atoms with van der Waals surface area (Å²) in [4.78, 5) is 12.9. The van der Waals surface area contributed by atoms with Crippen molar-refractivity contribution in [2.24, 2.45) is 11.8 Å². The molecule has 1 aliphatic carbocycles. The molecule has 4 rings (SSSR count). The van der Waals surface area contributed by atoms with Gasteiger partial charge in [0.1, 0.15) is 15.9 Å². The van der Waals surface area contributed by atoms with Gasteiger partial charge in [-0.3, -0.25) is 4.79 Å². The molecule has 1 heterocycles. The largest absolute Gasteiger partial charge is 0.325 e. The minimum Gasteiger partial charge on any atom is -0.325 e. The number of aryl methyl sites for hydroxylation is 2. The molecule has 1 aromatic heterocycles. The summed E-state index contributed by atoms with van der Waals surface area (Å²) in [5.74, 6) is 0.229. The van der Waals surface area contributed by atoms with Crippen LogP contribution in [0.15, 0.2) is 41.3 Å². The number of nitrogens with zero attached hydrogens (tertiary/aromatic N) is 2. The molecule has 1 fully saturated rings. The number of carbonyl (C=O) groups is 1. The summed E-state index contributed by atoms with van der Waals surface area (Å²) in [7, 11) is -3.66. The zero-order valence-electron chi connectivity index (χ0n) is 17.6. The topological polar surface area (TPSA) is 101 Å². The fraction of sp³-hybridized carbons (Fsp3) is 0.409. The van der Waals surface area contributed by atoms with Crippen molar-refractivity contribution in [3.8, 4) is 0 Å². The van der Waals surface area contributed by atoms with Crippen LogP contribution >= 0.6 is 11.7 Å². The fourth-order valence-corrected chi connectivity index (χ4v) is 6.05. The highest BCUT2D eigenvalue weighted by Gasteiger charge is 2.28. The SMILES string of the molecule is Cc1cccc(C)c1NC(=O)C1CCC(CNS(=O)(=O)c2cccc3nsnc23)CC1. The molecular weight excluding hydrogens is 432 g/mol. The minimum atomic E-state index is -3.66. The number of amides is 1. The second-order valence-corrected chi connectivity index (χ2v) is 10.5. The van der Waals surface area contributed by atoms with Crippen LogP contribution in [0, 0.1) is 25.7 Å². The molecule has 2 N–H and O–H groups in total. The molecule has 164 valence electrons. The Balaban J connectivity index is 1.32. The van der Waals surface area contributed by atoms with Crippen LogP contribution in [0.2, 0.25) is 0 Å². The summed E-state index contributed by atoms with van der Waals surface area (Å²) in [5, 5.41) is 3.09. The third-order valence-corrected chi connectivity index (χ3v) is 8.05. The van der Waals surface area contributed by atoms with E-state index in [1.165, 1.54) is 0 Å². The van der Waals surface area contributed by atoms with E-state index in [2.05, 4.69) is 18.8 Å². The monoisotopic (exact) mass is 458 g/mol. The predicted molar refractivity (Wildman–Crippen MR) is 123 cm³/mol. The number of carbonyl (C=O) groups excluding carboxylic acids is 1. The number of nitrogens with one attached hydrogen (secondary N) is 2. The van der Waals surface area contributed by atoms with Gasteiger partial charge in [-0.2, -0.15) is 8.75 Å². The normalized spacial score (nSPS) is 19.4. The maximum absolute atomic E-state index is 12.8. The number of para-hydroxylation sites is 1. The second kappa shape index (κ2) is 9.02. The van der Waals surface area contributed by atoms with E-state index in [9.17, 15) is 13.2 Å². The number of benzene rings is 2. The quantitative estimate of drug-likeness (QED) is 0.581. The number of anilines is 1. The zero-order valence-corrected chi connectivity index (χ0v) is 19.2. The van der Waals surface area contributed by atoms with Crippen LogP contribution in [-0.4, -0.2) is 29.6 Å². The van der Waals surface area contributed by atoms with Gasteiger partial charge in [-0.25, -0.2) is 13.1 Å². The molecule has 0 saturated heterocycles. The lowest BCUT2D eigenvalue weighted by atomic mass is 9.81. The van der Waals surface area contributed by atoms with Crippen molar-refractivity contribution in [2.45, 2.75) is 44.4 Å². The second-order valence-electron chi connectivity index (χ2n) is 8.21. The van der Waals surface area contributed by atoms with Gasteiger partial charge in [0.05, 0.1) is 11.7 Å². The number of fused-ring (bicyclic) bond motifs is 1. The van der Waals surface area contributed by atoms with Crippen LogP contribution in [0.1, 0.15) is 36.8 Å². The third-order valence-electron chi connectivity index (χ3n) is 6.05. The molecule has 9 heteroatoms. The van der Waals surface area contributed by atoms with Gasteiger partial charge in [-0.1, -0.05) is 24.3 Å². The van der Waals surface area contributed by atoms with E-state index >= 15 is 0 Å². The van der Waals surface area contributed by atoms with Gasteiger partial charge in [-0.15, -0.1) is 0 Å². The first-order chi connectivity index (χ1) is 14.8. The van der Waals surface area contributed by atoms with Crippen molar-refractivity contribution in [2.75, 3.05) is 11.9 Å². The molecule has 0 radical (unpaired) electrons. The van der Waals surface area contributed by atoms with Gasteiger partial charge in [0.2, 0.25) is 15.9 Å². The Hall–Kier alpha value is -2.36. The molecule has 1 aliphatic rings. The van der Waals surface area contributed by atoms with Crippen LogP contribution in [0.4, 0.5) is 5.69 Å². The summed E-state index contributed by atoms with van der Waals surface area (Å²) < 4.78 is 36.5. The molecular formula is C22H26N4O3S2. The van der Waals surface area contributed by atoms with Crippen molar-refractivity contribution in [1.82, 2.24) is 13.5 Å². The predicted octanol–water partition coefficient (Wildman–Crippen LogP) is 4.03. The Morgan fingerprint density at radius 2 is 1.71 bits per heavy atom. The molecule has 0 bridgehead atoms.